The highest BCUT2D eigenvalue weighted by Crippen LogP contribution is 2.16. The summed E-state index contributed by atoms with van der Waals surface area (Å²) in [5.74, 6) is 0. The molecule has 0 bridgehead atoms. The van der Waals surface area contributed by atoms with E-state index in [1.165, 1.54) is 199 Å². The van der Waals surface area contributed by atoms with Crippen molar-refractivity contribution in [3.05, 3.63) is 0 Å². The summed E-state index contributed by atoms with van der Waals surface area (Å²) in [5, 5.41) is 0. The van der Waals surface area contributed by atoms with Crippen LogP contribution in [0.2, 0.25) is 0 Å². The van der Waals surface area contributed by atoms with E-state index in [1.54, 1.807) is 0 Å². The van der Waals surface area contributed by atoms with Gasteiger partial charge in [-0.1, -0.05) is 200 Å². The summed E-state index contributed by atoms with van der Waals surface area (Å²) >= 11 is 0. The van der Waals surface area contributed by atoms with Crippen LogP contribution in [0.3, 0.4) is 0 Å². The number of hydrogen-bond donors (Lipinski definition) is 2. The van der Waals surface area contributed by atoms with Crippen molar-refractivity contribution in [2.75, 3.05) is 13.2 Å². The third-order valence-electron chi connectivity index (χ3n) is 8.10. The Morgan fingerprint density at radius 1 is 0.366 bits per heavy atom. The van der Waals surface area contributed by atoms with E-state index in [0.717, 1.165) is 13.2 Å². The van der Waals surface area contributed by atoms with Gasteiger partial charge in [0.05, 0.1) is 0 Å². The highest BCUT2D eigenvalue weighted by Gasteiger charge is 1.97. The van der Waals surface area contributed by atoms with Crippen LogP contribution in [0.5, 0.6) is 0 Å². The molecule has 0 heterocycles. The SMILES string of the molecule is CCCCCCCCCCCCCCCCCCCCCCCCCCCCCCCCCOCC.O=S(=O)(O)O. The quantitative estimate of drug-likeness (QED) is 0.0573. The summed E-state index contributed by atoms with van der Waals surface area (Å²) in [6.45, 7) is 6.24. The predicted molar refractivity (Wildman–Crippen MR) is 179 cm³/mol. The van der Waals surface area contributed by atoms with Crippen LogP contribution in [0.4, 0.5) is 0 Å². The molecule has 0 saturated heterocycles. The molecular weight excluding hydrogens is 532 g/mol. The third kappa shape index (κ3) is 52.9. The lowest BCUT2D eigenvalue weighted by molar-refractivity contribution is 0.143. The molecular formula is C35H74O5S. The molecule has 0 aromatic heterocycles. The first-order valence-corrected chi connectivity index (χ1v) is 19.6. The summed E-state index contributed by atoms with van der Waals surface area (Å²) in [7, 11) is -4.67. The Morgan fingerprint density at radius 3 is 0.707 bits per heavy atom. The molecule has 0 aliphatic rings. The van der Waals surface area contributed by atoms with Crippen LogP contribution in [-0.2, 0) is 15.1 Å². The molecule has 0 unspecified atom stereocenters. The minimum atomic E-state index is -4.67. The fraction of sp³-hybridized carbons (Fsp3) is 1.00. The lowest BCUT2D eigenvalue weighted by atomic mass is 10.0. The molecule has 6 heteroatoms. The fourth-order valence-corrected chi connectivity index (χ4v) is 5.55. The Kier molecular flexibility index (Phi) is 39.7. The Labute approximate surface area is 258 Å². The van der Waals surface area contributed by atoms with Gasteiger partial charge in [-0.2, -0.15) is 8.42 Å². The minimum Gasteiger partial charge on any atom is -0.382 e. The van der Waals surface area contributed by atoms with Gasteiger partial charge in [0.25, 0.3) is 0 Å². The molecule has 0 aromatic carbocycles. The Balaban J connectivity index is 0. The zero-order valence-electron chi connectivity index (χ0n) is 27.9. The van der Waals surface area contributed by atoms with Crippen LogP contribution < -0.4 is 0 Å². The summed E-state index contributed by atoms with van der Waals surface area (Å²) in [5.41, 5.74) is 0. The van der Waals surface area contributed by atoms with Crippen molar-refractivity contribution in [3.8, 4) is 0 Å². The van der Waals surface area contributed by atoms with E-state index >= 15 is 0 Å². The van der Waals surface area contributed by atoms with Gasteiger partial charge in [0.15, 0.2) is 0 Å². The van der Waals surface area contributed by atoms with E-state index in [-0.39, 0.29) is 0 Å². The first-order valence-electron chi connectivity index (χ1n) is 18.2. The van der Waals surface area contributed by atoms with Gasteiger partial charge < -0.3 is 4.74 Å². The van der Waals surface area contributed by atoms with E-state index in [0.29, 0.717) is 0 Å². The molecule has 0 atom stereocenters. The molecule has 0 aromatic rings. The molecule has 0 spiro atoms. The number of hydrogen-bond acceptors (Lipinski definition) is 3. The van der Waals surface area contributed by atoms with Crippen molar-refractivity contribution >= 4 is 10.4 Å². The van der Waals surface area contributed by atoms with Crippen molar-refractivity contribution in [3.63, 3.8) is 0 Å². The lowest BCUT2D eigenvalue weighted by Crippen LogP contribution is -1.92. The van der Waals surface area contributed by atoms with Crippen molar-refractivity contribution in [2.45, 2.75) is 213 Å². The molecule has 0 aliphatic heterocycles. The van der Waals surface area contributed by atoms with Gasteiger partial charge in [-0.15, -0.1) is 0 Å². The maximum atomic E-state index is 8.74. The molecule has 0 fully saturated rings. The first kappa shape index (κ1) is 43.0. The average Bonchev–Trinajstić information content (AvgIpc) is 2.93. The summed E-state index contributed by atoms with van der Waals surface area (Å²) in [6.07, 6.45) is 45.4. The topological polar surface area (TPSA) is 83.8 Å². The van der Waals surface area contributed by atoms with Crippen LogP contribution in [0.1, 0.15) is 213 Å². The molecule has 2 N–H and O–H groups in total. The predicted octanol–water partition coefficient (Wildman–Crippen LogP) is 12.5. The van der Waals surface area contributed by atoms with Crippen molar-refractivity contribution in [2.24, 2.45) is 0 Å². The van der Waals surface area contributed by atoms with Crippen LogP contribution in [0.25, 0.3) is 0 Å². The van der Waals surface area contributed by atoms with E-state index in [4.69, 9.17) is 22.3 Å². The van der Waals surface area contributed by atoms with Gasteiger partial charge in [-0.25, -0.2) is 0 Å². The minimum absolute atomic E-state index is 0.875. The summed E-state index contributed by atoms with van der Waals surface area (Å²) in [6, 6.07) is 0. The molecule has 0 saturated carbocycles. The fourth-order valence-electron chi connectivity index (χ4n) is 5.55. The zero-order chi connectivity index (χ0) is 30.5. The van der Waals surface area contributed by atoms with Crippen LogP contribution in [0, 0.1) is 0 Å². The Hall–Kier alpha value is -0.170. The summed E-state index contributed by atoms with van der Waals surface area (Å²) in [4.78, 5) is 0. The first-order chi connectivity index (χ1) is 19.9. The maximum Gasteiger partial charge on any atom is 0.394 e. The van der Waals surface area contributed by atoms with Gasteiger partial charge in [-0.3, -0.25) is 9.11 Å². The largest absolute Gasteiger partial charge is 0.394 e. The van der Waals surface area contributed by atoms with Gasteiger partial charge in [0, 0.05) is 13.2 Å². The standard InChI is InChI=1S/C35H72O.H2O4S/c1-3-5-6-7-8-9-10-11-12-13-14-15-16-17-18-19-20-21-22-23-24-25-26-27-28-29-30-31-32-33-34-35-36-4-2;1-5(2,3)4/h3-35H2,1-2H3;(H2,1,2,3,4). The number of rotatable bonds is 33. The van der Waals surface area contributed by atoms with Gasteiger partial charge in [-0.05, 0) is 13.3 Å². The Bertz CT molecular complexity index is 511. The highest BCUT2D eigenvalue weighted by molar-refractivity contribution is 7.79. The second kappa shape index (κ2) is 37.9. The van der Waals surface area contributed by atoms with Crippen molar-refractivity contribution < 1.29 is 22.3 Å². The molecule has 0 amide bonds. The van der Waals surface area contributed by atoms with E-state index < -0.39 is 10.4 Å². The molecule has 41 heavy (non-hydrogen) atoms. The smallest absolute Gasteiger partial charge is 0.382 e. The normalized spacial score (nSPS) is 11.5. The average molecular weight is 607 g/mol. The van der Waals surface area contributed by atoms with Crippen molar-refractivity contribution in [1.29, 1.82) is 0 Å². The second-order valence-corrected chi connectivity index (χ2v) is 13.1. The lowest BCUT2D eigenvalue weighted by Gasteiger charge is -2.05. The van der Waals surface area contributed by atoms with Gasteiger partial charge >= 0.3 is 10.4 Å². The third-order valence-corrected chi connectivity index (χ3v) is 8.10. The number of unbranched alkanes of at least 4 members (excludes halogenated alkanes) is 30. The van der Waals surface area contributed by atoms with Gasteiger partial charge in [0.1, 0.15) is 0 Å². The van der Waals surface area contributed by atoms with Gasteiger partial charge in [0.2, 0.25) is 0 Å². The van der Waals surface area contributed by atoms with Crippen molar-refractivity contribution in [1.82, 2.24) is 0 Å². The molecule has 0 radical (unpaired) electrons. The van der Waals surface area contributed by atoms with E-state index in [2.05, 4.69) is 13.8 Å². The number of ether oxygens (including phenoxy) is 1. The van der Waals surface area contributed by atoms with E-state index in [1.807, 2.05) is 0 Å². The maximum absolute atomic E-state index is 8.74. The zero-order valence-corrected chi connectivity index (χ0v) is 28.7. The van der Waals surface area contributed by atoms with Crippen LogP contribution in [-0.4, -0.2) is 30.7 Å². The molecule has 5 nitrogen and oxygen atoms in total. The van der Waals surface area contributed by atoms with Crippen LogP contribution >= 0.6 is 0 Å². The van der Waals surface area contributed by atoms with E-state index in [9.17, 15) is 0 Å². The molecule has 0 aliphatic carbocycles. The summed E-state index contributed by atoms with van der Waals surface area (Å²) < 4.78 is 37.0. The monoisotopic (exact) mass is 607 g/mol. The van der Waals surface area contributed by atoms with Crippen LogP contribution in [0.15, 0.2) is 0 Å². The Morgan fingerprint density at radius 2 is 0.537 bits per heavy atom. The molecule has 250 valence electrons. The highest BCUT2D eigenvalue weighted by atomic mass is 32.3. The second-order valence-electron chi connectivity index (χ2n) is 12.3. The molecule has 0 rings (SSSR count).